The molecule has 0 aromatic carbocycles. The van der Waals surface area contributed by atoms with Crippen molar-refractivity contribution in [2.45, 2.75) is 43.8 Å². The number of carboxylic acid groups (broad SMARTS) is 1. The molecule has 5 heteroatoms. The maximum Gasteiger partial charge on any atom is 0.326 e. The summed E-state index contributed by atoms with van der Waals surface area (Å²) in [5.41, 5.74) is 5.61. The number of carboxylic acids is 1. The van der Waals surface area contributed by atoms with Crippen LogP contribution in [0.2, 0.25) is 0 Å². The Morgan fingerprint density at radius 1 is 1.36 bits per heavy atom. The van der Waals surface area contributed by atoms with Gasteiger partial charge >= 0.3 is 5.97 Å². The van der Waals surface area contributed by atoms with E-state index < -0.39 is 18.1 Å². The van der Waals surface area contributed by atoms with Gasteiger partial charge in [-0.25, -0.2) is 4.79 Å². The van der Waals surface area contributed by atoms with E-state index in [-0.39, 0.29) is 11.9 Å². The van der Waals surface area contributed by atoms with Gasteiger partial charge in [-0.15, -0.1) is 0 Å². The van der Waals surface area contributed by atoms with Crippen molar-refractivity contribution in [3.63, 3.8) is 0 Å². The van der Waals surface area contributed by atoms with Gasteiger partial charge in [0, 0.05) is 6.04 Å². The lowest BCUT2D eigenvalue weighted by atomic mass is 9.99. The zero-order valence-corrected chi connectivity index (χ0v) is 7.85. The number of amides is 1. The Kier molecular flexibility index (Phi) is 2.19. The summed E-state index contributed by atoms with van der Waals surface area (Å²) in [6.07, 6.45) is 2.90. The molecule has 0 bridgehead atoms. The number of carbonyl (C=O) groups is 2. The molecule has 0 aromatic heterocycles. The molecule has 2 aliphatic heterocycles. The Balaban J connectivity index is 2.20. The number of aliphatic carboxylic acids is 1. The minimum atomic E-state index is -0.907. The van der Waals surface area contributed by atoms with Crippen molar-refractivity contribution >= 4 is 11.9 Å². The van der Waals surface area contributed by atoms with Crippen LogP contribution >= 0.6 is 0 Å². The van der Waals surface area contributed by atoms with Crippen LogP contribution in [0.4, 0.5) is 0 Å². The average molecular weight is 198 g/mol. The largest absolute Gasteiger partial charge is 0.480 e. The van der Waals surface area contributed by atoms with Gasteiger partial charge in [-0.3, -0.25) is 4.79 Å². The minimum Gasteiger partial charge on any atom is -0.480 e. The number of rotatable bonds is 1. The fourth-order valence-corrected chi connectivity index (χ4v) is 2.43. The Morgan fingerprint density at radius 2 is 2.00 bits per heavy atom. The van der Waals surface area contributed by atoms with Crippen LogP contribution in [0.25, 0.3) is 0 Å². The Morgan fingerprint density at radius 3 is 2.64 bits per heavy atom. The number of nitrogens with zero attached hydrogens (tertiary/aromatic N) is 1. The van der Waals surface area contributed by atoms with E-state index in [1.54, 1.807) is 0 Å². The van der Waals surface area contributed by atoms with Gasteiger partial charge < -0.3 is 15.7 Å². The van der Waals surface area contributed by atoms with Crippen LogP contribution in [0.15, 0.2) is 0 Å². The summed E-state index contributed by atoms with van der Waals surface area (Å²) in [6.45, 7) is 0. The Bertz CT molecular complexity index is 279. The number of hydrogen-bond acceptors (Lipinski definition) is 3. The van der Waals surface area contributed by atoms with Crippen LogP contribution < -0.4 is 5.73 Å². The molecule has 2 saturated heterocycles. The summed E-state index contributed by atoms with van der Waals surface area (Å²) >= 11 is 0. The zero-order valence-electron chi connectivity index (χ0n) is 7.85. The zero-order chi connectivity index (χ0) is 10.3. The van der Waals surface area contributed by atoms with E-state index in [0.717, 1.165) is 12.8 Å². The van der Waals surface area contributed by atoms with Crippen molar-refractivity contribution in [2.24, 2.45) is 5.73 Å². The fourth-order valence-electron chi connectivity index (χ4n) is 2.43. The van der Waals surface area contributed by atoms with Crippen LogP contribution in [0.5, 0.6) is 0 Å². The molecular formula is C9H14N2O3. The van der Waals surface area contributed by atoms with Gasteiger partial charge in [0.05, 0.1) is 6.04 Å². The van der Waals surface area contributed by atoms with Crippen LogP contribution in [0.1, 0.15) is 25.7 Å². The van der Waals surface area contributed by atoms with Gasteiger partial charge in [-0.05, 0) is 25.7 Å². The topological polar surface area (TPSA) is 83.6 Å². The van der Waals surface area contributed by atoms with E-state index in [1.807, 2.05) is 0 Å². The number of nitrogens with two attached hydrogens (primary N) is 1. The van der Waals surface area contributed by atoms with Crippen LogP contribution in [-0.2, 0) is 9.59 Å². The summed E-state index contributed by atoms with van der Waals surface area (Å²) in [6, 6.07) is -1.02. The van der Waals surface area contributed by atoms with Gasteiger partial charge in [0.2, 0.25) is 5.91 Å². The summed E-state index contributed by atoms with van der Waals surface area (Å²) in [5, 5.41) is 8.92. The number of carbonyl (C=O) groups excluding carboxylic acids is 1. The summed E-state index contributed by atoms with van der Waals surface area (Å²) in [5.74, 6) is -1.10. The molecule has 3 N–H and O–H groups in total. The van der Waals surface area contributed by atoms with Gasteiger partial charge in [0.15, 0.2) is 0 Å². The molecule has 78 valence electrons. The van der Waals surface area contributed by atoms with Crippen molar-refractivity contribution in [3.05, 3.63) is 0 Å². The monoisotopic (exact) mass is 198 g/mol. The first-order chi connectivity index (χ1) is 6.61. The van der Waals surface area contributed by atoms with Gasteiger partial charge in [-0.1, -0.05) is 0 Å². The van der Waals surface area contributed by atoms with Crippen molar-refractivity contribution in [3.8, 4) is 0 Å². The molecular weight excluding hydrogens is 184 g/mol. The number of fused-ring (bicyclic) bond motifs is 1. The molecule has 0 radical (unpaired) electrons. The van der Waals surface area contributed by atoms with E-state index in [1.165, 1.54) is 4.90 Å². The molecule has 2 aliphatic rings. The predicted molar refractivity (Wildman–Crippen MR) is 48.5 cm³/mol. The Hall–Kier alpha value is -1.10. The quantitative estimate of drug-likeness (QED) is 0.597. The Labute approximate surface area is 81.9 Å². The molecule has 3 unspecified atom stereocenters. The van der Waals surface area contributed by atoms with Gasteiger partial charge in [0.1, 0.15) is 6.04 Å². The third kappa shape index (κ3) is 1.28. The lowest BCUT2D eigenvalue weighted by Crippen LogP contribution is -2.55. The van der Waals surface area contributed by atoms with E-state index in [2.05, 4.69) is 0 Å². The van der Waals surface area contributed by atoms with Crippen molar-refractivity contribution in [2.75, 3.05) is 0 Å². The van der Waals surface area contributed by atoms with Crippen LogP contribution in [0.3, 0.4) is 0 Å². The van der Waals surface area contributed by atoms with E-state index >= 15 is 0 Å². The van der Waals surface area contributed by atoms with Gasteiger partial charge in [0.25, 0.3) is 0 Å². The number of hydrogen-bond donors (Lipinski definition) is 2. The molecule has 0 aromatic rings. The van der Waals surface area contributed by atoms with Crippen molar-refractivity contribution < 1.29 is 14.7 Å². The lowest BCUT2D eigenvalue weighted by Gasteiger charge is -2.35. The molecule has 0 aliphatic carbocycles. The highest BCUT2D eigenvalue weighted by atomic mass is 16.4. The molecule has 2 rings (SSSR count). The molecule has 0 spiro atoms. The highest BCUT2D eigenvalue weighted by Crippen LogP contribution is 2.31. The SMILES string of the molecule is NC1CCC2CCC(C(=O)O)N2C1=O. The molecule has 0 saturated carbocycles. The first-order valence-corrected chi connectivity index (χ1v) is 4.92. The third-order valence-corrected chi connectivity index (χ3v) is 3.17. The van der Waals surface area contributed by atoms with E-state index in [9.17, 15) is 9.59 Å². The lowest BCUT2D eigenvalue weighted by molar-refractivity contribution is -0.151. The molecule has 5 nitrogen and oxygen atoms in total. The third-order valence-electron chi connectivity index (χ3n) is 3.17. The highest BCUT2D eigenvalue weighted by molar-refractivity contribution is 5.88. The van der Waals surface area contributed by atoms with Crippen LogP contribution in [-0.4, -0.2) is 40.0 Å². The highest BCUT2D eigenvalue weighted by Gasteiger charge is 2.44. The standard InChI is InChI=1S/C9H14N2O3/c10-6-3-1-5-2-4-7(9(13)14)11(5)8(6)12/h5-7H,1-4,10H2,(H,13,14). The first kappa shape index (κ1) is 9.45. The predicted octanol–water partition coefficient (Wildman–Crippen LogP) is -0.448. The fraction of sp³-hybridized carbons (Fsp3) is 0.778. The van der Waals surface area contributed by atoms with E-state index in [0.29, 0.717) is 12.8 Å². The molecule has 1 amide bonds. The molecule has 2 heterocycles. The van der Waals surface area contributed by atoms with Crippen LogP contribution in [0, 0.1) is 0 Å². The second kappa shape index (κ2) is 3.24. The first-order valence-electron chi connectivity index (χ1n) is 4.92. The maximum absolute atomic E-state index is 11.7. The normalized spacial score (nSPS) is 37.1. The second-order valence-corrected chi connectivity index (χ2v) is 4.01. The van der Waals surface area contributed by atoms with Gasteiger partial charge in [-0.2, -0.15) is 0 Å². The van der Waals surface area contributed by atoms with Crippen molar-refractivity contribution in [1.82, 2.24) is 4.90 Å². The summed E-state index contributed by atoms with van der Waals surface area (Å²) in [4.78, 5) is 24.0. The molecule has 14 heavy (non-hydrogen) atoms. The maximum atomic E-state index is 11.7. The summed E-state index contributed by atoms with van der Waals surface area (Å²) < 4.78 is 0. The van der Waals surface area contributed by atoms with Crippen molar-refractivity contribution in [1.29, 1.82) is 0 Å². The summed E-state index contributed by atoms with van der Waals surface area (Å²) in [7, 11) is 0. The average Bonchev–Trinajstić information content (AvgIpc) is 2.55. The molecule has 2 fully saturated rings. The minimum absolute atomic E-state index is 0.114. The molecule has 3 atom stereocenters. The van der Waals surface area contributed by atoms with E-state index in [4.69, 9.17) is 10.8 Å². The smallest absolute Gasteiger partial charge is 0.326 e. The number of piperidine rings is 1. The second-order valence-electron chi connectivity index (χ2n) is 4.01.